The highest BCUT2D eigenvalue weighted by Gasteiger charge is 2.23. The lowest BCUT2D eigenvalue weighted by atomic mass is 9.85. The van der Waals surface area contributed by atoms with Gasteiger partial charge in [-0.1, -0.05) is 20.8 Å². The molecule has 3 N–H and O–H groups in total. The minimum Gasteiger partial charge on any atom is -0.327 e. The lowest BCUT2D eigenvalue weighted by molar-refractivity contribution is -0.117. The Bertz CT molecular complexity index is 443. The van der Waals surface area contributed by atoms with Gasteiger partial charge in [0.05, 0.1) is 5.69 Å². The summed E-state index contributed by atoms with van der Waals surface area (Å²) in [4.78, 5) is 11.9. The van der Waals surface area contributed by atoms with Crippen molar-refractivity contribution >= 4 is 50.1 Å². The molecule has 1 aromatic rings. The van der Waals surface area contributed by atoms with E-state index in [-0.39, 0.29) is 17.4 Å². The summed E-state index contributed by atoms with van der Waals surface area (Å²) in [6.07, 6.45) is 0.321. The van der Waals surface area contributed by atoms with Crippen LogP contribution in [-0.2, 0) is 4.79 Å². The Hall–Kier alpha value is -0.140. The largest absolute Gasteiger partial charge is 0.327 e. The molecule has 18 heavy (non-hydrogen) atoms. The van der Waals surface area contributed by atoms with Gasteiger partial charge in [0.2, 0.25) is 5.91 Å². The van der Waals surface area contributed by atoms with Crippen LogP contribution in [0, 0.1) is 8.99 Å². The molecule has 0 aliphatic heterocycles. The van der Waals surface area contributed by atoms with E-state index in [4.69, 9.17) is 5.73 Å². The van der Waals surface area contributed by atoms with E-state index >= 15 is 0 Å². The molecule has 0 saturated heterocycles. The van der Waals surface area contributed by atoms with Gasteiger partial charge in [-0.25, -0.2) is 0 Å². The number of nitrogens with one attached hydrogen (secondary N) is 1. The van der Waals surface area contributed by atoms with E-state index in [1.165, 1.54) is 0 Å². The van der Waals surface area contributed by atoms with Gasteiger partial charge in [-0.05, 0) is 62.1 Å². The molecule has 0 radical (unpaired) electrons. The number of carbonyl (C=O) groups excluding carboxylic acids is 1. The zero-order valence-corrected chi connectivity index (χ0v) is 14.5. The molecule has 5 heteroatoms. The highest BCUT2D eigenvalue weighted by atomic mass is 127. The second kappa shape index (κ2) is 6.34. The number of halogens is 2. The maximum atomic E-state index is 11.9. The molecule has 1 aromatic carbocycles. The molecule has 0 saturated carbocycles. The van der Waals surface area contributed by atoms with Crippen LogP contribution in [0.4, 0.5) is 5.69 Å². The highest BCUT2D eigenvalue weighted by Crippen LogP contribution is 2.25. The van der Waals surface area contributed by atoms with Crippen LogP contribution in [0.1, 0.15) is 27.2 Å². The quantitative estimate of drug-likeness (QED) is 0.726. The third-order valence-corrected chi connectivity index (χ3v) is 4.05. The van der Waals surface area contributed by atoms with E-state index in [2.05, 4.69) is 43.8 Å². The zero-order chi connectivity index (χ0) is 13.9. The minimum absolute atomic E-state index is 0.0562. The van der Waals surface area contributed by atoms with Gasteiger partial charge in [0.15, 0.2) is 0 Å². The molecule has 0 bridgehead atoms. The summed E-state index contributed by atoms with van der Waals surface area (Å²) < 4.78 is 2.00. The van der Waals surface area contributed by atoms with Crippen LogP contribution in [0.5, 0.6) is 0 Å². The van der Waals surface area contributed by atoms with Gasteiger partial charge in [0.25, 0.3) is 0 Å². The van der Waals surface area contributed by atoms with Crippen molar-refractivity contribution in [3.8, 4) is 0 Å². The van der Waals surface area contributed by atoms with Crippen LogP contribution in [0.3, 0.4) is 0 Å². The van der Waals surface area contributed by atoms with Crippen molar-refractivity contribution in [3.63, 3.8) is 0 Å². The van der Waals surface area contributed by atoms with Gasteiger partial charge in [-0.3, -0.25) is 4.79 Å². The van der Waals surface area contributed by atoms with E-state index in [1.807, 2.05) is 39.0 Å². The fraction of sp³-hybridized carbons (Fsp3) is 0.462. The van der Waals surface area contributed by atoms with E-state index in [9.17, 15) is 4.79 Å². The standard InChI is InChI=1S/C13H18BrIN2O/c1-13(2,3)11(16)7-12(18)17-10-5-4-8(15)6-9(10)14/h4-6,11H,7,16H2,1-3H3,(H,17,18). The van der Waals surface area contributed by atoms with Crippen LogP contribution in [0.2, 0.25) is 0 Å². The Morgan fingerprint density at radius 2 is 2.11 bits per heavy atom. The number of nitrogens with two attached hydrogens (primary N) is 1. The van der Waals surface area contributed by atoms with Gasteiger partial charge >= 0.3 is 0 Å². The molecule has 100 valence electrons. The number of rotatable bonds is 3. The fourth-order valence-electron chi connectivity index (χ4n) is 1.30. The molecule has 1 unspecified atom stereocenters. The number of hydrogen-bond acceptors (Lipinski definition) is 2. The molecular formula is C13H18BrIN2O. The maximum absolute atomic E-state index is 11.9. The van der Waals surface area contributed by atoms with Crippen molar-refractivity contribution in [2.45, 2.75) is 33.2 Å². The summed E-state index contributed by atoms with van der Waals surface area (Å²) in [5, 5.41) is 2.87. The topological polar surface area (TPSA) is 55.1 Å². The van der Waals surface area contributed by atoms with Gasteiger partial charge in [0, 0.05) is 20.5 Å². The molecule has 1 rings (SSSR count). The molecular weight excluding hydrogens is 407 g/mol. The number of benzene rings is 1. The molecule has 0 heterocycles. The lowest BCUT2D eigenvalue weighted by Gasteiger charge is -2.26. The van der Waals surface area contributed by atoms with Crippen molar-refractivity contribution in [2.75, 3.05) is 5.32 Å². The molecule has 1 atom stereocenters. The Morgan fingerprint density at radius 1 is 1.50 bits per heavy atom. The first-order chi connectivity index (χ1) is 8.20. The molecule has 0 aliphatic rings. The number of amides is 1. The highest BCUT2D eigenvalue weighted by molar-refractivity contribution is 14.1. The second-order valence-electron chi connectivity index (χ2n) is 5.35. The van der Waals surface area contributed by atoms with Crippen LogP contribution < -0.4 is 11.1 Å². The third kappa shape index (κ3) is 4.85. The average molecular weight is 425 g/mol. The first-order valence-corrected chi connectivity index (χ1v) is 7.58. The van der Waals surface area contributed by atoms with Crippen molar-refractivity contribution in [2.24, 2.45) is 11.1 Å². The van der Waals surface area contributed by atoms with Gasteiger partial charge in [0.1, 0.15) is 0 Å². The average Bonchev–Trinajstić information content (AvgIpc) is 2.20. The summed E-state index contributed by atoms with van der Waals surface area (Å²) in [5.41, 5.74) is 6.70. The van der Waals surface area contributed by atoms with Gasteiger partial charge in [-0.15, -0.1) is 0 Å². The van der Waals surface area contributed by atoms with Gasteiger partial charge in [-0.2, -0.15) is 0 Å². The summed E-state index contributed by atoms with van der Waals surface area (Å²) in [6.45, 7) is 6.10. The van der Waals surface area contributed by atoms with Crippen molar-refractivity contribution in [1.82, 2.24) is 0 Å². The number of anilines is 1. The predicted octanol–water partition coefficient (Wildman–Crippen LogP) is 3.76. The normalized spacial score (nSPS) is 13.2. The predicted molar refractivity (Wildman–Crippen MR) is 87.5 cm³/mol. The molecule has 1 amide bonds. The molecule has 3 nitrogen and oxygen atoms in total. The van der Waals surface area contributed by atoms with Gasteiger partial charge < -0.3 is 11.1 Å². The Kier molecular flexibility index (Phi) is 5.61. The zero-order valence-electron chi connectivity index (χ0n) is 10.8. The third-order valence-electron chi connectivity index (χ3n) is 2.72. The fourth-order valence-corrected chi connectivity index (χ4v) is 2.70. The van der Waals surface area contributed by atoms with Crippen molar-refractivity contribution < 1.29 is 4.79 Å². The van der Waals surface area contributed by atoms with E-state index < -0.39 is 0 Å². The summed E-state index contributed by atoms with van der Waals surface area (Å²) in [6, 6.07) is 5.64. The molecule has 0 spiro atoms. The first-order valence-electron chi connectivity index (χ1n) is 5.70. The Balaban J connectivity index is 2.65. The van der Waals surface area contributed by atoms with E-state index in [1.54, 1.807) is 0 Å². The van der Waals surface area contributed by atoms with Crippen molar-refractivity contribution in [3.05, 3.63) is 26.2 Å². The van der Waals surface area contributed by atoms with Crippen molar-refractivity contribution in [1.29, 1.82) is 0 Å². The van der Waals surface area contributed by atoms with Crippen LogP contribution in [0.15, 0.2) is 22.7 Å². The monoisotopic (exact) mass is 424 g/mol. The van der Waals surface area contributed by atoms with Crippen LogP contribution in [-0.4, -0.2) is 11.9 Å². The SMILES string of the molecule is CC(C)(C)C(N)CC(=O)Nc1ccc(I)cc1Br. The molecule has 0 aliphatic carbocycles. The Morgan fingerprint density at radius 3 is 2.61 bits per heavy atom. The Labute approximate surface area is 130 Å². The van der Waals surface area contributed by atoms with E-state index in [0.717, 1.165) is 13.7 Å². The maximum Gasteiger partial charge on any atom is 0.225 e. The summed E-state index contributed by atoms with van der Waals surface area (Å²) >= 11 is 5.65. The lowest BCUT2D eigenvalue weighted by Crippen LogP contribution is -2.38. The molecule has 0 aromatic heterocycles. The number of hydrogen-bond donors (Lipinski definition) is 2. The minimum atomic E-state index is -0.153. The van der Waals surface area contributed by atoms with Crippen LogP contribution >= 0.6 is 38.5 Å². The first kappa shape index (κ1) is 15.9. The van der Waals surface area contributed by atoms with E-state index in [0.29, 0.717) is 6.42 Å². The van der Waals surface area contributed by atoms with Crippen LogP contribution in [0.25, 0.3) is 0 Å². The summed E-state index contributed by atoms with van der Waals surface area (Å²) in [5.74, 6) is -0.0562. The smallest absolute Gasteiger partial charge is 0.225 e. The second-order valence-corrected chi connectivity index (χ2v) is 7.45. The summed E-state index contributed by atoms with van der Waals surface area (Å²) in [7, 11) is 0. The number of carbonyl (C=O) groups is 1. The molecule has 0 fully saturated rings.